The molecule has 0 saturated carbocycles. The molecule has 9 nitrogen and oxygen atoms in total. The summed E-state index contributed by atoms with van der Waals surface area (Å²) in [5, 5.41) is 10.5. The van der Waals surface area contributed by atoms with Crippen LogP contribution in [0.4, 0.5) is 5.82 Å². The Hall–Kier alpha value is -3.79. The molecule has 0 spiro atoms. The number of fused-ring (bicyclic) bond motifs is 3. The summed E-state index contributed by atoms with van der Waals surface area (Å²) in [6.07, 6.45) is 3.49. The molecule has 0 amide bonds. The monoisotopic (exact) mass is 480 g/mol. The Bertz CT molecular complexity index is 1560. The molecular weight excluding hydrogens is 452 g/mol. The number of anilines is 1. The molecule has 36 heavy (non-hydrogen) atoms. The first kappa shape index (κ1) is 21.5. The molecule has 0 radical (unpaired) electrons. The van der Waals surface area contributed by atoms with E-state index in [4.69, 9.17) is 15.6 Å². The first-order chi connectivity index (χ1) is 17.6. The number of ether oxygens (including phenoxy) is 1. The third-order valence-corrected chi connectivity index (χ3v) is 7.48. The van der Waals surface area contributed by atoms with E-state index in [1.165, 1.54) is 6.33 Å². The first-order valence-corrected chi connectivity index (χ1v) is 12.4. The maximum atomic E-state index is 6.40. The van der Waals surface area contributed by atoms with Crippen molar-refractivity contribution in [3.05, 3.63) is 72.8 Å². The highest BCUT2D eigenvalue weighted by molar-refractivity contribution is 5.92. The summed E-state index contributed by atoms with van der Waals surface area (Å²) in [5.41, 5.74) is 12.2. The van der Waals surface area contributed by atoms with Crippen molar-refractivity contribution in [2.24, 2.45) is 0 Å². The summed E-state index contributed by atoms with van der Waals surface area (Å²) in [5.74, 6) is 0.453. The molecule has 2 N–H and O–H groups in total. The zero-order valence-electron chi connectivity index (χ0n) is 20.2. The van der Waals surface area contributed by atoms with Crippen LogP contribution in [0.2, 0.25) is 0 Å². The van der Waals surface area contributed by atoms with Crippen LogP contribution < -0.4 is 5.73 Å². The minimum absolute atomic E-state index is 0.0822. The Morgan fingerprint density at radius 2 is 1.92 bits per heavy atom. The van der Waals surface area contributed by atoms with Crippen LogP contribution in [0.5, 0.6) is 0 Å². The lowest BCUT2D eigenvalue weighted by molar-refractivity contribution is -0.0891. The van der Waals surface area contributed by atoms with Crippen molar-refractivity contribution in [2.45, 2.75) is 12.1 Å². The molecule has 5 heterocycles. The van der Waals surface area contributed by atoms with Crippen LogP contribution in [-0.4, -0.2) is 80.1 Å². The number of aromatic nitrogens is 5. The van der Waals surface area contributed by atoms with Gasteiger partial charge in [0.05, 0.1) is 23.5 Å². The van der Waals surface area contributed by atoms with Crippen LogP contribution in [0.15, 0.2) is 67.1 Å². The first-order valence-electron chi connectivity index (χ1n) is 12.4. The molecule has 3 aromatic heterocycles. The van der Waals surface area contributed by atoms with E-state index >= 15 is 0 Å². The van der Waals surface area contributed by atoms with Gasteiger partial charge in [-0.05, 0) is 36.9 Å². The van der Waals surface area contributed by atoms with Crippen molar-refractivity contribution >= 4 is 22.2 Å². The Labute approximate surface area is 208 Å². The van der Waals surface area contributed by atoms with Crippen molar-refractivity contribution in [1.82, 2.24) is 34.2 Å². The molecule has 2 aromatic carbocycles. The van der Waals surface area contributed by atoms with Gasteiger partial charge < -0.3 is 15.4 Å². The van der Waals surface area contributed by atoms with Gasteiger partial charge in [-0.3, -0.25) is 4.90 Å². The van der Waals surface area contributed by atoms with Gasteiger partial charge in [0.2, 0.25) is 0 Å². The van der Waals surface area contributed by atoms with Gasteiger partial charge in [-0.2, -0.15) is 10.2 Å². The van der Waals surface area contributed by atoms with Crippen LogP contribution in [0, 0.1) is 0 Å². The molecular formula is C27H28N8O. The Morgan fingerprint density at radius 3 is 2.81 bits per heavy atom. The standard InChI is InChI=1S/C27H28N8O/c1-32-9-10-33-15-25(36-16-21(33)14-32)24-12-22(26-27(28)29-17-30-35(24)26)18-7-8-19-13-34(31-23(19)11-18)20-5-3-2-4-6-20/h2-8,11-13,17,21,25H,9-10,14-16H2,1H3,(H2,28,29,30). The van der Waals surface area contributed by atoms with Crippen molar-refractivity contribution in [3.63, 3.8) is 0 Å². The molecule has 0 bridgehead atoms. The number of rotatable bonds is 3. The molecule has 0 aliphatic carbocycles. The summed E-state index contributed by atoms with van der Waals surface area (Å²) in [6, 6.07) is 19.1. The largest absolute Gasteiger partial charge is 0.382 e. The van der Waals surface area contributed by atoms with Gasteiger partial charge in [-0.25, -0.2) is 14.2 Å². The number of hydrogen-bond acceptors (Lipinski definition) is 7. The fraction of sp³-hybridized carbons (Fsp3) is 0.296. The Balaban J connectivity index is 1.29. The SMILES string of the molecule is CN1CCN2CC(c3cc(-c4ccc5cn(-c6ccccc6)nc5c4)c4c(N)ncnn34)OCC2C1. The maximum absolute atomic E-state index is 6.40. The minimum atomic E-state index is -0.0822. The highest BCUT2D eigenvalue weighted by Crippen LogP contribution is 2.36. The molecule has 7 rings (SSSR count). The zero-order valence-corrected chi connectivity index (χ0v) is 20.2. The van der Waals surface area contributed by atoms with E-state index < -0.39 is 0 Å². The van der Waals surface area contributed by atoms with Gasteiger partial charge in [0.15, 0.2) is 5.82 Å². The van der Waals surface area contributed by atoms with E-state index in [9.17, 15) is 0 Å². The summed E-state index contributed by atoms with van der Waals surface area (Å²) in [4.78, 5) is 9.22. The number of nitrogens with zero attached hydrogens (tertiary/aromatic N) is 7. The van der Waals surface area contributed by atoms with E-state index in [1.54, 1.807) is 0 Å². The van der Waals surface area contributed by atoms with Crippen LogP contribution in [0.1, 0.15) is 11.8 Å². The lowest BCUT2D eigenvalue weighted by Gasteiger charge is -2.45. The second-order valence-electron chi connectivity index (χ2n) is 9.80. The second kappa shape index (κ2) is 8.41. The fourth-order valence-electron chi connectivity index (χ4n) is 5.56. The number of hydrogen-bond donors (Lipinski definition) is 1. The number of likely N-dealkylation sites (N-methyl/N-ethyl adjacent to an activating group) is 1. The van der Waals surface area contributed by atoms with Gasteiger partial charge in [0.1, 0.15) is 17.9 Å². The smallest absolute Gasteiger partial charge is 0.151 e. The molecule has 2 unspecified atom stereocenters. The average molecular weight is 481 g/mol. The third kappa shape index (κ3) is 3.55. The molecule has 2 saturated heterocycles. The van der Waals surface area contributed by atoms with E-state index in [-0.39, 0.29) is 6.10 Å². The van der Waals surface area contributed by atoms with Crippen molar-refractivity contribution in [2.75, 3.05) is 45.6 Å². The minimum Gasteiger partial charge on any atom is -0.382 e. The number of nitrogens with two attached hydrogens (primary N) is 1. The van der Waals surface area contributed by atoms with Crippen LogP contribution in [0.3, 0.4) is 0 Å². The number of benzene rings is 2. The van der Waals surface area contributed by atoms with E-state index in [2.05, 4.69) is 57.4 Å². The van der Waals surface area contributed by atoms with E-state index in [0.717, 1.165) is 65.1 Å². The molecule has 2 atom stereocenters. The van der Waals surface area contributed by atoms with E-state index in [1.807, 2.05) is 39.5 Å². The van der Waals surface area contributed by atoms with Crippen molar-refractivity contribution in [1.29, 1.82) is 0 Å². The van der Waals surface area contributed by atoms with Gasteiger partial charge in [-0.1, -0.05) is 30.3 Å². The Morgan fingerprint density at radius 1 is 1.03 bits per heavy atom. The second-order valence-corrected chi connectivity index (χ2v) is 9.80. The molecule has 2 aliphatic rings. The highest BCUT2D eigenvalue weighted by atomic mass is 16.5. The average Bonchev–Trinajstić information content (AvgIpc) is 3.51. The zero-order chi connectivity index (χ0) is 24.2. The molecule has 9 heteroatoms. The normalized spacial score (nSPS) is 21.2. The number of piperazine rings is 1. The quantitative estimate of drug-likeness (QED) is 0.425. The lowest BCUT2D eigenvalue weighted by Crippen LogP contribution is -2.57. The van der Waals surface area contributed by atoms with Gasteiger partial charge in [-0.15, -0.1) is 0 Å². The third-order valence-electron chi connectivity index (χ3n) is 7.48. The lowest BCUT2D eigenvalue weighted by atomic mass is 10.0. The Kier molecular flexibility index (Phi) is 5.02. The number of nitrogen functional groups attached to an aromatic ring is 1. The molecule has 2 fully saturated rings. The fourth-order valence-corrected chi connectivity index (χ4v) is 5.56. The van der Waals surface area contributed by atoms with E-state index in [0.29, 0.717) is 18.5 Å². The summed E-state index contributed by atoms with van der Waals surface area (Å²) in [7, 11) is 2.18. The van der Waals surface area contributed by atoms with Gasteiger partial charge in [0.25, 0.3) is 0 Å². The number of morpholine rings is 1. The predicted octanol–water partition coefficient (Wildman–Crippen LogP) is 3.00. The van der Waals surface area contributed by atoms with Gasteiger partial charge in [0, 0.05) is 49.4 Å². The molecule has 5 aromatic rings. The predicted molar refractivity (Wildman–Crippen MR) is 139 cm³/mol. The van der Waals surface area contributed by atoms with Crippen LogP contribution in [-0.2, 0) is 4.74 Å². The van der Waals surface area contributed by atoms with Crippen molar-refractivity contribution in [3.8, 4) is 16.8 Å². The number of para-hydroxylation sites is 1. The topological polar surface area (TPSA) is 89.7 Å². The summed E-state index contributed by atoms with van der Waals surface area (Å²) in [6.45, 7) is 4.72. The van der Waals surface area contributed by atoms with Gasteiger partial charge >= 0.3 is 0 Å². The van der Waals surface area contributed by atoms with Crippen LogP contribution in [0.25, 0.3) is 33.2 Å². The van der Waals surface area contributed by atoms with Crippen LogP contribution >= 0.6 is 0 Å². The highest BCUT2D eigenvalue weighted by Gasteiger charge is 2.35. The summed E-state index contributed by atoms with van der Waals surface area (Å²) >= 11 is 0. The molecule has 2 aliphatic heterocycles. The summed E-state index contributed by atoms with van der Waals surface area (Å²) < 4.78 is 10.2. The molecule has 182 valence electrons. The maximum Gasteiger partial charge on any atom is 0.151 e. The van der Waals surface area contributed by atoms with Crippen molar-refractivity contribution < 1.29 is 4.74 Å².